The van der Waals surface area contributed by atoms with Crippen molar-refractivity contribution in [1.29, 1.82) is 0 Å². The van der Waals surface area contributed by atoms with Gasteiger partial charge in [0.1, 0.15) is 11.5 Å². The molecule has 0 aliphatic heterocycles. The average molecular weight is 281 g/mol. The fraction of sp³-hybridized carbons (Fsp3) is 0.300. The predicted molar refractivity (Wildman–Crippen MR) is 61.6 cm³/mol. The summed E-state index contributed by atoms with van der Waals surface area (Å²) in [4.78, 5) is 12.6. The minimum atomic E-state index is 0.147. The summed E-state index contributed by atoms with van der Waals surface area (Å²) in [5.41, 5.74) is 6.15. The van der Waals surface area contributed by atoms with Crippen molar-refractivity contribution < 1.29 is 4.42 Å². The van der Waals surface area contributed by atoms with Crippen molar-refractivity contribution in [2.75, 3.05) is 5.73 Å². The Kier molecular flexibility index (Phi) is 2.17. The van der Waals surface area contributed by atoms with Crippen LogP contribution in [0.3, 0.4) is 0 Å². The standard InChI is InChI=1S/C10H9BrN4O/c11-6-3-13-9(5-1-2-5)15-8(6)7-4-14-10(12)16-7/h3-5H,1-2H2,(H2,12,14). The van der Waals surface area contributed by atoms with Gasteiger partial charge in [-0.15, -0.1) is 0 Å². The Morgan fingerprint density at radius 2 is 2.12 bits per heavy atom. The molecule has 0 spiro atoms. The zero-order chi connectivity index (χ0) is 11.1. The monoisotopic (exact) mass is 280 g/mol. The van der Waals surface area contributed by atoms with Gasteiger partial charge in [-0.1, -0.05) is 0 Å². The molecule has 2 aromatic rings. The van der Waals surface area contributed by atoms with Crippen LogP contribution < -0.4 is 5.73 Å². The van der Waals surface area contributed by atoms with Gasteiger partial charge in [-0.2, -0.15) is 0 Å². The maximum Gasteiger partial charge on any atom is 0.292 e. The third-order valence-corrected chi connectivity index (χ3v) is 3.04. The normalized spacial score (nSPS) is 15.3. The van der Waals surface area contributed by atoms with Crippen LogP contribution in [0, 0.1) is 0 Å². The SMILES string of the molecule is Nc1ncc(-c2nc(C3CC3)ncc2Br)o1. The average Bonchev–Trinajstić information content (AvgIpc) is 3.03. The van der Waals surface area contributed by atoms with Crippen molar-refractivity contribution in [3.63, 3.8) is 0 Å². The summed E-state index contributed by atoms with van der Waals surface area (Å²) in [6.07, 6.45) is 5.65. The number of aromatic nitrogens is 3. The lowest BCUT2D eigenvalue weighted by Crippen LogP contribution is -1.94. The van der Waals surface area contributed by atoms with Crippen molar-refractivity contribution in [1.82, 2.24) is 15.0 Å². The summed E-state index contributed by atoms with van der Waals surface area (Å²) in [7, 11) is 0. The third-order valence-electron chi connectivity index (χ3n) is 2.46. The van der Waals surface area contributed by atoms with Crippen LogP contribution in [-0.2, 0) is 0 Å². The van der Waals surface area contributed by atoms with Crippen molar-refractivity contribution in [3.8, 4) is 11.5 Å². The Hall–Kier alpha value is -1.43. The number of nitrogen functional groups attached to an aromatic ring is 1. The van der Waals surface area contributed by atoms with E-state index >= 15 is 0 Å². The molecule has 0 radical (unpaired) electrons. The fourth-order valence-corrected chi connectivity index (χ4v) is 1.88. The van der Waals surface area contributed by atoms with Gasteiger partial charge in [-0.25, -0.2) is 15.0 Å². The van der Waals surface area contributed by atoms with E-state index < -0.39 is 0 Å². The number of halogens is 1. The zero-order valence-electron chi connectivity index (χ0n) is 8.35. The van der Waals surface area contributed by atoms with Crippen LogP contribution in [0.2, 0.25) is 0 Å². The van der Waals surface area contributed by atoms with E-state index in [2.05, 4.69) is 30.9 Å². The van der Waals surface area contributed by atoms with Gasteiger partial charge < -0.3 is 10.2 Å². The van der Waals surface area contributed by atoms with Gasteiger partial charge in [-0.3, -0.25) is 0 Å². The third kappa shape index (κ3) is 1.69. The molecule has 0 aromatic carbocycles. The molecule has 16 heavy (non-hydrogen) atoms. The molecule has 3 rings (SSSR count). The van der Waals surface area contributed by atoms with Gasteiger partial charge in [0.15, 0.2) is 5.76 Å². The number of hydrogen-bond acceptors (Lipinski definition) is 5. The van der Waals surface area contributed by atoms with Crippen LogP contribution >= 0.6 is 15.9 Å². The molecular formula is C10H9BrN4O. The molecule has 1 saturated carbocycles. The Morgan fingerprint density at radius 1 is 1.31 bits per heavy atom. The zero-order valence-corrected chi connectivity index (χ0v) is 9.94. The van der Waals surface area contributed by atoms with Gasteiger partial charge in [0.25, 0.3) is 6.01 Å². The summed E-state index contributed by atoms with van der Waals surface area (Å²) < 4.78 is 6.04. The van der Waals surface area contributed by atoms with Crippen molar-refractivity contribution in [3.05, 3.63) is 22.7 Å². The number of anilines is 1. The summed E-state index contributed by atoms with van der Waals surface area (Å²) in [6, 6.07) is 0.147. The summed E-state index contributed by atoms with van der Waals surface area (Å²) in [6.45, 7) is 0. The molecule has 5 nitrogen and oxygen atoms in total. The highest BCUT2D eigenvalue weighted by Gasteiger charge is 2.27. The van der Waals surface area contributed by atoms with E-state index in [1.54, 1.807) is 12.4 Å². The van der Waals surface area contributed by atoms with E-state index in [0.717, 1.165) is 10.3 Å². The second-order valence-electron chi connectivity index (χ2n) is 3.76. The first-order valence-electron chi connectivity index (χ1n) is 4.98. The molecule has 2 aromatic heterocycles. The molecule has 1 fully saturated rings. The van der Waals surface area contributed by atoms with Gasteiger partial charge >= 0.3 is 0 Å². The van der Waals surface area contributed by atoms with Crippen LogP contribution in [-0.4, -0.2) is 15.0 Å². The van der Waals surface area contributed by atoms with Gasteiger partial charge in [-0.05, 0) is 28.8 Å². The molecule has 1 aliphatic rings. The lowest BCUT2D eigenvalue weighted by atomic mass is 10.3. The van der Waals surface area contributed by atoms with Crippen molar-refractivity contribution in [2.24, 2.45) is 0 Å². The molecule has 1 aliphatic carbocycles. The van der Waals surface area contributed by atoms with Crippen LogP contribution in [0.4, 0.5) is 6.01 Å². The molecule has 0 bridgehead atoms. The molecule has 0 unspecified atom stereocenters. The second kappa shape index (κ2) is 3.55. The van der Waals surface area contributed by atoms with E-state index in [0.29, 0.717) is 17.4 Å². The van der Waals surface area contributed by atoms with Crippen LogP contribution in [0.25, 0.3) is 11.5 Å². The highest BCUT2D eigenvalue weighted by molar-refractivity contribution is 9.10. The minimum absolute atomic E-state index is 0.147. The Balaban J connectivity index is 2.07. The highest BCUT2D eigenvalue weighted by atomic mass is 79.9. The lowest BCUT2D eigenvalue weighted by Gasteiger charge is -2.02. The van der Waals surface area contributed by atoms with Crippen LogP contribution in [0.15, 0.2) is 21.3 Å². The number of hydrogen-bond donors (Lipinski definition) is 1. The molecule has 2 heterocycles. The fourth-order valence-electron chi connectivity index (χ4n) is 1.49. The van der Waals surface area contributed by atoms with E-state index in [4.69, 9.17) is 10.2 Å². The smallest absolute Gasteiger partial charge is 0.292 e. The van der Waals surface area contributed by atoms with E-state index in [1.165, 1.54) is 12.8 Å². The topological polar surface area (TPSA) is 77.8 Å². The van der Waals surface area contributed by atoms with E-state index in [-0.39, 0.29) is 6.01 Å². The Labute approximate surface area is 100 Å². The minimum Gasteiger partial charge on any atom is -0.422 e. The molecule has 0 amide bonds. The summed E-state index contributed by atoms with van der Waals surface area (Å²) in [5, 5.41) is 0. The molecule has 0 saturated heterocycles. The Morgan fingerprint density at radius 3 is 2.75 bits per heavy atom. The maximum absolute atomic E-state index is 5.44. The lowest BCUT2D eigenvalue weighted by molar-refractivity contribution is 0.591. The first-order chi connectivity index (χ1) is 7.74. The predicted octanol–water partition coefficient (Wildman–Crippen LogP) is 2.35. The Bertz CT molecular complexity index is 535. The van der Waals surface area contributed by atoms with E-state index in [9.17, 15) is 0 Å². The second-order valence-corrected chi connectivity index (χ2v) is 4.62. The largest absolute Gasteiger partial charge is 0.422 e. The van der Waals surface area contributed by atoms with E-state index in [1.807, 2.05) is 0 Å². The first kappa shape index (κ1) is 9.77. The maximum atomic E-state index is 5.44. The summed E-state index contributed by atoms with van der Waals surface area (Å²) >= 11 is 3.39. The highest BCUT2D eigenvalue weighted by Crippen LogP contribution is 2.39. The van der Waals surface area contributed by atoms with Crippen molar-refractivity contribution >= 4 is 21.9 Å². The van der Waals surface area contributed by atoms with Gasteiger partial charge in [0.05, 0.1) is 10.7 Å². The van der Waals surface area contributed by atoms with Crippen LogP contribution in [0.5, 0.6) is 0 Å². The van der Waals surface area contributed by atoms with Gasteiger partial charge in [0, 0.05) is 12.1 Å². The molecule has 0 atom stereocenters. The van der Waals surface area contributed by atoms with Crippen molar-refractivity contribution in [2.45, 2.75) is 18.8 Å². The molecule has 6 heteroatoms. The molecule has 82 valence electrons. The van der Waals surface area contributed by atoms with Gasteiger partial charge in [0.2, 0.25) is 0 Å². The molecular weight excluding hydrogens is 272 g/mol. The quantitative estimate of drug-likeness (QED) is 0.914. The first-order valence-corrected chi connectivity index (χ1v) is 5.77. The number of nitrogens with zero attached hydrogens (tertiary/aromatic N) is 3. The van der Waals surface area contributed by atoms with Crippen LogP contribution in [0.1, 0.15) is 24.6 Å². The number of nitrogens with two attached hydrogens (primary N) is 1. The number of oxazole rings is 1. The number of rotatable bonds is 2. The molecule has 2 N–H and O–H groups in total. The summed E-state index contributed by atoms with van der Waals surface area (Å²) in [5.74, 6) is 1.94.